The van der Waals surface area contributed by atoms with Crippen molar-refractivity contribution in [3.05, 3.63) is 47.5 Å². The Hall–Kier alpha value is -2.58. The number of piperidine rings is 1. The smallest absolute Gasteiger partial charge is 0.242 e. The molecule has 9 heteroatoms. The third-order valence-corrected chi connectivity index (χ3v) is 6.90. The van der Waals surface area contributed by atoms with Crippen molar-refractivity contribution in [1.82, 2.24) is 19.4 Å². The number of imidazole rings is 1. The molecule has 2 amide bonds. The van der Waals surface area contributed by atoms with Crippen molar-refractivity contribution in [2.45, 2.75) is 39.2 Å². The molecule has 1 aromatic carbocycles. The van der Waals surface area contributed by atoms with Gasteiger partial charge in [0.1, 0.15) is 18.1 Å². The van der Waals surface area contributed by atoms with Gasteiger partial charge in [0, 0.05) is 61.9 Å². The van der Waals surface area contributed by atoms with Crippen LogP contribution in [-0.2, 0) is 27.3 Å². The van der Waals surface area contributed by atoms with Gasteiger partial charge >= 0.3 is 0 Å². The molecular weight excluding hydrogens is 456 g/mol. The number of hydrogen-bond acceptors (Lipinski definition) is 5. The normalized spacial score (nSPS) is 20.9. The van der Waals surface area contributed by atoms with Gasteiger partial charge in [-0.25, -0.2) is 4.98 Å². The average molecular weight is 489 g/mol. The van der Waals surface area contributed by atoms with Crippen molar-refractivity contribution in [2.24, 2.45) is 5.41 Å². The van der Waals surface area contributed by atoms with Crippen LogP contribution < -0.4 is 4.74 Å². The average Bonchev–Trinajstić information content (AvgIpc) is 3.30. The first-order chi connectivity index (χ1) is 16.5. The van der Waals surface area contributed by atoms with Gasteiger partial charge < -0.3 is 23.8 Å². The zero-order valence-electron chi connectivity index (χ0n) is 19.7. The third-order valence-electron chi connectivity index (χ3n) is 6.67. The van der Waals surface area contributed by atoms with E-state index in [4.69, 9.17) is 21.1 Å². The minimum absolute atomic E-state index is 0.0401. The van der Waals surface area contributed by atoms with Gasteiger partial charge in [0.15, 0.2) is 0 Å². The molecule has 1 unspecified atom stereocenters. The molecule has 0 radical (unpaired) electrons. The summed E-state index contributed by atoms with van der Waals surface area (Å²) >= 11 is 6.13. The van der Waals surface area contributed by atoms with Crippen LogP contribution in [0.4, 0.5) is 0 Å². The number of carbonyl (C=O) groups is 2. The topological polar surface area (TPSA) is 76.9 Å². The maximum absolute atomic E-state index is 13.2. The van der Waals surface area contributed by atoms with E-state index in [-0.39, 0.29) is 18.4 Å². The monoisotopic (exact) mass is 488 g/mol. The summed E-state index contributed by atoms with van der Waals surface area (Å²) in [4.78, 5) is 34.5. The number of likely N-dealkylation sites (tertiary alicyclic amines) is 1. The van der Waals surface area contributed by atoms with Crippen LogP contribution in [-0.4, -0.2) is 77.2 Å². The fraction of sp³-hybridized carbons (Fsp3) is 0.560. The fourth-order valence-electron chi connectivity index (χ4n) is 4.82. The minimum Gasteiger partial charge on any atom is -0.493 e. The Morgan fingerprint density at radius 2 is 2.00 bits per heavy atom. The van der Waals surface area contributed by atoms with Gasteiger partial charge in [-0.3, -0.25) is 9.59 Å². The summed E-state index contributed by atoms with van der Waals surface area (Å²) in [5.41, 5.74) is -0.464. The molecule has 0 aliphatic carbocycles. The highest BCUT2D eigenvalue weighted by Crippen LogP contribution is 2.36. The summed E-state index contributed by atoms with van der Waals surface area (Å²) in [5.74, 6) is 1.69. The Kier molecular flexibility index (Phi) is 8.11. The second kappa shape index (κ2) is 11.2. The molecule has 4 rings (SSSR count). The third kappa shape index (κ3) is 6.10. The number of ether oxygens (including phenoxy) is 2. The van der Waals surface area contributed by atoms with Gasteiger partial charge in [0.25, 0.3) is 0 Å². The van der Waals surface area contributed by atoms with E-state index in [0.717, 1.165) is 25.1 Å². The number of carbonyl (C=O) groups excluding carboxylic acids is 2. The lowest BCUT2D eigenvalue weighted by Crippen LogP contribution is -2.52. The fourth-order valence-corrected chi connectivity index (χ4v) is 5.00. The number of hydrogen-bond donors (Lipinski definition) is 0. The summed E-state index contributed by atoms with van der Waals surface area (Å²) in [5, 5.41) is 0.600. The van der Waals surface area contributed by atoms with Crippen LogP contribution in [0.2, 0.25) is 5.02 Å². The Morgan fingerprint density at radius 1 is 1.18 bits per heavy atom. The quantitative estimate of drug-likeness (QED) is 0.571. The van der Waals surface area contributed by atoms with Crippen molar-refractivity contribution in [2.75, 3.05) is 46.0 Å². The van der Waals surface area contributed by atoms with Crippen molar-refractivity contribution >= 4 is 23.4 Å². The first-order valence-corrected chi connectivity index (χ1v) is 12.4. The van der Waals surface area contributed by atoms with Crippen LogP contribution in [0.15, 0.2) is 36.7 Å². The lowest BCUT2D eigenvalue weighted by molar-refractivity contribution is -0.144. The SMILES string of the molecule is CCc1nccn1CC(=O)N1CCCC(COc2cccc(Cl)c2)(CC(=O)N2CCOCC2)C1. The molecule has 0 N–H and O–H groups in total. The highest BCUT2D eigenvalue weighted by Gasteiger charge is 2.41. The van der Waals surface area contributed by atoms with E-state index in [9.17, 15) is 9.59 Å². The van der Waals surface area contributed by atoms with E-state index >= 15 is 0 Å². The number of amides is 2. The molecular formula is C25H33ClN4O4. The summed E-state index contributed by atoms with van der Waals surface area (Å²) in [6.45, 7) is 6.13. The molecule has 34 heavy (non-hydrogen) atoms. The van der Waals surface area contributed by atoms with Crippen LogP contribution in [0.5, 0.6) is 5.75 Å². The molecule has 0 bridgehead atoms. The molecule has 2 aliphatic heterocycles. The van der Waals surface area contributed by atoms with E-state index in [1.165, 1.54) is 0 Å². The Morgan fingerprint density at radius 3 is 2.76 bits per heavy atom. The van der Waals surface area contributed by atoms with Crippen molar-refractivity contribution in [3.8, 4) is 5.75 Å². The summed E-state index contributed by atoms with van der Waals surface area (Å²) < 4.78 is 13.5. The number of nitrogens with zero attached hydrogens (tertiary/aromatic N) is 4. The molecule has 184 valence electrons. The van der Waals surface area contributed by atoms with Gasteiger partial charge in [0.2, 0.25) is 11.8 Å². The Balaban J connectivity index is 1.49. The minimum atomic E-state index is -0.464. The number of rotatable bonds is 8. The predicted molar refractivity (Wildman–Crippen MR) is 129 cm³/mol. The molecule has 3 heterocycles. The van der Waals surface area contributed by atoms with Crippen molar-refractivity contribution in [1.29, 1.82) is 0 Å². The highest BCUT2D eigenvalue weighted by molar-refractivity contribution is 6.30. The van der Waals surface area contributed by atoms with Gasteiger partial charge in [-0.2, -0.15) is 0 Å². The summed E-state index contributed by atoms with van der Waals surface area (Å²) in [6, 6.07) is 7.28. The van der Waals surface area contributed by atoms with Crippen LogP contribution in [0, 0.1) is 5.41 Å². The number of morpholine rings is 1. The molecule has 8 nitrogen and oxygen atoms in total. The van der Waals surface area contributed by atoms with Gasteiger partial charge in [-0.1, -0.05) is 24.6 Å². The standard InChI is InChI=1S/C25H33ClN4O4/c1-2-22-27-8-10-29(22)17-24(32)30-9-4-7-25(18-30,16-23(31)28-11-13-33-14-12-28)19-34-21-6-3-5-20(26)15-21/h3,5-6,8,10,15H,2,4,7,9,11-14,16-19H2,1H3. The number of benzene rings is 1. The van der Waals surface area contributed by atoms with Crippen molar-refractivity contribution < 1.29 is 19.1 Å². The maximum Gasteiger partial charge on any atom is 0.242 e. The zero-order chi connectivity index (χ0) is 24.0. The van der Waals surface area contributed by atoms with E-state index in [2.05, 4.69) is 4.98 Å². The second-order valence-electron chi connectivity index (χ2n) is 9.16. The number of aryl methyl sites for hydroxylation is 1. The van der Waals surface area contributed by atoms with Crippen LogP contribution >= 0.6 is 11.6 Å². The Bertz CT molecular complexity index is 991. The second-order valence-corrected chi connectivity index (χ2v) is 9.60. The summed E-state index contributed by atoms with van der Waals surface area (Å²) in [7, 11) is 0. The molecule has 1 atom stereocenters. The van der Waals surface area contributed by atoms with E-state index in [0.29, 0.717) is 63.2 Å². The lowest BCUT2D eigenvalue weighted by atomic mass is 9.77. The molecule has 2 fully saturated rings. The largest absolute Gasteiger partial charge is 0.493 e. The molecule has 0 spiro atoms. The van der Waals surface area contributed by atoms with Gasteiger partial charge in [-0.05, 0) is 31.0 Å². The van der Waals surface area contributed by atoms with Crippen LogP contribution in [0.25, 0.3) is 0 Å². The van der Waals surface area contributed by atoms with Gasteiger partial charge in [-0.15, -0.1) is 0 Å². The first kappa shape index (κ1) is 24.5. The number of aromatic nitrogens is 2. The van der Waals surface area contributed by atoms with Crippen molar-refractivity contribution in [3.63, 3.8) is 0 Å². The molecule has 2 aromatic rings. The molecule has 2 saturated heterocycles. The molecule has 0 saturated carbocycles. The Labute approximate surface area is 205 Å². The zero-order valence-corrected chi connectivity index (χ0v) is 20.5. The van der Waals surface area contributed by atoms with Gasteiger partial charge in [0.05, 0.1) is 19.8 Å². The lowest BCUT2D eigenvalue weighted by Gasteiger charge is -2.43. The maximum atomic E-state index is 13.2. The van der Waals surface area contributed by atoms with E-state index in [1.54, 1.807) is 18.3 Å². The predicted octanol–water partition coefficient (Wildman–Crippen LogP) is 3.04. The van der Waals surface area contributed by atoms with E-state index in [1.807, 2.05) is 39.6 Å². The number of halogens is 1. The molecule has 1 aromatic heterocycles. The van der Waals surface area contributed by atoms with Crippen LogP contribution in [0.3, 0.4) is 0 Å². The summed E-state index contributed by atoms with van der Waals surface area (Å²) in [6.07, 6.45) is 6.32. The van der Waals surface area contributed by atoms with E-state index < -0.39 is 5.41 Å². The highest BCUT2D eigenvalue weighted by atomic mass is 35.5. The molecule has 2 aliphatic rings. The first-order valence-electron chi connectivity index (χ1n) is 12.0. The van der Waals surface area contributed by atoms with Crippen LogP contribution in [0.1, 0.15) is 32.0 Å².